The summed E-state index contributed by atoms with van der Waals surface area (Å²) in [6.07, 6.45) is 4.69. The average Bonchev–Trinajstić information content (AvgIpc) is 3.16. The lowest BCUT2D eigenvalue weighted by molar-refractivity contribution is -0.0380. The Labute approximate surface area is 124 Å². The van der Waals surface area contributed by atoms with Crippen molar-refractivity contribution in [2.45, 2.75) is 39.5 Å². The molecule has 1 fully saturated rings. The summed E-state index contributed by atoms with van der Waals surface area (Å²) < 4.78 is 7.99. The Kier molecular flexibility index (Phi) is 4.31. The van der Waals surface area contributed by atoms with Crippen molar-refractivity contribution in [1.82, 2.24) is 29.6 Å². The summed E-state index contributed by atoms with van der Waals surface area (Å²) in [4.78, 5) is 11.3. The van der Waals surface area contributed by atoms with Crippen molar-refractivity contribution in [3.63, 3.8) is 0 Å². The lowest BCUT2D eigenvalue weighted by Crippen LogP contribution is -2.38. The third-order valence-corrected chi connectivity index (χ3v) is 3.83. The molecule has 21 heavy (non-hydrogen) atoms. The maximum absolute atomic E-state index is 5.81. The molecule has 1 atom stereocenters. The van der Waals surface area contributed by atoms with Gasteiger partial charge in [0.25, 0.3) is 0 Å². The van der Waals surface area contributed by atoms with Gasteiger partial charge in [0.05, 0.1) is 13.2 Å². The number of hydrogen-bond acceptors (Lipinski definition) is 5. The van der Waals surface area contributed by atoms with Gasteiger partial charge in [0.1, 0.15) is 17.8 Å². The smallest absolute Gasteiger partial charge is 0.180 e. The van der Waals surface area contributed by atoms with E-state index in [2.05, 4.69) is 43.5 Å². The van der Waals surface area contributed by atoms with Gasteiger partial charge in [0, 0.05) is 38.4 Å². The van der Waals surface area contributed by atoms with E-state index in [1.165, 1.54) is 0 Å². The van der Waals surface area contributed by atoms with Crippen LogP contribution in [-0.2, 0) is 24.2 Å². The molecule has 1 N–H and O–H groups in total. The van der Waals surface area contributed by atoms with Gasteiger partial charge < -0.3 is 9.30 Å². The largest absolute Gasteiger partial charge is 0.367 e. The minimum Gasteiger partial charge on any atom is -0.367 e. The quantitative estimate of drug-likeness (QED) is 0.894. The van der Waals surface area contributed by atoms with Crippen LogP contribution < -0.4 is 0 Å². The van der Waals surface area contributed by atoms with Crippen molar-refractivity contribution >= 4 is 0 Å². The fraction of sp³-hybridized carbons (Fsp3) is 0.643. The van der Waals surface area contributed by atoms with E-state index >= 15 is 0 Å². The second kappa shape index (κ2) is 6.36. The van der Waals surface area contributed by atoms with E-state index in [0.717, 1.165) is 50.1 Å². The van der Waals surface area contributed by atoms with E-state index in [9.17, 15) is 0 Å². The minimum atomic E-state index is -0.0552. The summed E-state index contributed by atoms with van der Waals surface area (Å²) in [7, 11) is 0. The van der Waals surface area contributed by atoms with Crippen LogP contribution in [0.1, 0.15) is 37.4 Å². The molecule has 1 aliphatic rings. The first-order chi connectivity index (χ1) is 10.3. The van der Waals surface area contributed by atoms with Gasteiger partial charge in [0.15, 0.2) is 5.82 Å². The highest BCUT2D eigenvalue weighted by atomic mass is 16.5. The van der Waals surface area contributed by atoms with Gasteiger partial charge in [0.2, 0.25) is 0 Å². The molecule has 3 rings (SSSR count). The van der Waals surface area contributed by atoms with E-state index in [4.69, 9.17) is 4.74 Å². The first-order valence-corrected chi connectivity index (χ1v) is 7.55. The maximum atomic E-state index is 5.81. The predicted octanol–water partition coefficient (Wildman–Crippen LogP) is 1.16. The van der Waals surface area contributed by atoms with Crippen molar-refractivity contribution < 1.29 is 4.74 Å². The number of aryl methyl sites for hydroxylation is 2. The van der Waals surface area contributed by atoms with E-state index in [0.29, 0.717) is 6.61 Å². The van der Waals surface area contributed by atoms with Crippen LogP contribution >= 0.6 is 0 Å². The van der Waals surface area contributed by atoms with E-state index < -0.39 is 0 Å². The maximum Gasteiger partial charge on any atom is 0.180 e. The fourth-order valence-electron chi connectivity index (χ4n) is 2.59. The van der Waals surface area contributed by atoms with Crippen molar-refractivity contribution in [1.29, 1.82) is 0 Å². The molecule has 0 amide bonds. The molecule has 0 aromatic carbocycles. The first kappa shape index (κ1) is 14.2. The third-order valence-electron chi connectivity index (χ3n) is 3.83. The van der Waals surface area contributed by atoms with Crippen LogP contribution in [0.15, 0.2) is 12.4 Å². The van der Waals surface area contributed by atoms with Crippen LogP contribution in [0.2, 0.25) is 0 Å². The Morgan fingerprint density at radius 3 is 3.10 bits per heavy atom. The summed E-state index contributed by atoms with van der Waals surface area (Å²) in [5, 5.41) is 7.22. The highest BCUT2D eigenvalue weighted by Crippen LogP contribution is 2.20. The zero-order chi connectivity index (χ0) is 14.7. The zero-order valence-corrected chi connectivity index (χ0v) is 12.6. The van der Waals surface area contributed by atoms with Crippen molar-refractivity contribution in [3.8, 4) is 0 Å². The molecular weight excluding hydrogens is 268 g/mol. The fourth-order valence-corrected chi connectivity index (χ4v) is 2.59. The average molecular weight is 290 g/mol. The number of H-pyrrole nitrogens is 1. The minimum absolute atomic E-state index is 0.0552. The van der Waals surface area contributed by atoms with Crippen molar-refractivity contribution in [3.05, 3.63) is 29.9 Å². The molecule has 0 spiro atoms. The lowest BCUT2D eigenvalue weighted by Gasteiger charge is -2.31. The molecule has 0 aliphatic carbocycles. The molecule has 0 unspecified atom stereocenters. The van der Waals surface area contributed by atoms with E-state index in [1.807, 2.05) is 12.4 Å². The number of rotatable bonds is 5. The van der Waals surface area contributed by atoms with E-state index in [1.54, 1.807) is 0 Å². The number of nitrogens with zero attached hydrogens (tertiary/aromatic N) is 5. The Balaban J connectivity index is 1.65. The van der Waals surface area contributed by atoms with Gasteiger partial charge >= 0.3 is 0 Å². The summed E-state index contributed by atoms with van der Waals surface area (Å²) in [6, 6.07) is 0. The van der Waals surface area contributed by atoms with Crippen molar-refractivity contribution in [2.24, 2.45) is 0 Å². The van der Waals surface area contributed by atoms with Crippen molar-refractivity contribution in [2.75, 3.05) is 19.7 Å². The Morgan fingerprint density at radius 2 is 2.33 bits per heavy atom. The standard InChI is InChI=1S/C14H22N6O/c1-3-12-16-14(18-17-12)11-9-19(7-8-21-11)10-13-15-5-6-20(13)4-2/h5-6,11H,3-4,7-10H2,1-2H3,(H,16,17,18)/t11-/m0/s1. The van der Waals surface area contributed by atoms with Gasteiger partial charge in [-0.15, -0.1) is 0 Å². The number of aromatic amines is 1. The lowest BCUT2D eigenvalue weighted by atomic mass is 10.2. The third kappa shape index (κ3) is 3.14. The highest BCUT2D eigenvalue weighted by molar-refractivity contribution is 4.98. The molecule has 3 heterocycles. The zero-order valence-electron chi connectivity index (χ0n) is 12.6. The molecule has 0 radical (unpaired) electrons. The second-order valence-electron chi connectivity index (χ2n) is 5.22. The molecular formula is C14H22N6O. The SMILES string of the molecule is CCc1nc([C@@H]2CN(Cc3nccn3CC)CCO2)n[nH]1. The van der Waals surface area contributed by atoms with Crippen LogP contribution in [-0.4, -0.2) is 49.3 Å². The van der Waals surface area contributed by atoms with Crippen LogP contribution in [0.25, 0.3) is 0 Å². The Morgan fingerprint density at radius 1 is 1.43 bits per heavy atom. The molecule has 2 aromatic heterocycles. The number of ether oxygens (including phenoxy) is 1. The number of nitrogens with one attached hydrogen (secondary N) is 1. The highest BCUT2D eigenvalue weighted by Gasteiger charge is 2.25. The molecule has 0 saturated carbocycles. The first-order valence-electron chi connectivity index (χ1n) is 7.55. The predicted molar refractivity (Wildman–Crippen MR) is 77.6 cm³/mol. The summed E-state index contributed by atoms with van der Waals surface area (Å²) in [6.45, 7) is 8.40. The molecule has 114 valence electrons. The molecule has 1 saturated heterocycles. The Bertz CT molecular complexity index is 578. The monoisotopic (exact) mass is 290 g/mol. The number of hydrogen-bond donors (Lipinski definition) is 1. The summed E-state index contributed by atoms with van der Waals surface area (Å²) in [5.74, 6) is 2.77. The van der Waals surface area contributed by atoms with Gasteiger partial charge in [-0.1, -0.05) is 6.92 Å². The summed E-state index contributed by atoms with van der Waals surface area (Å²) >= 11 is 0. The number of aromatic nitrogens is 5. The molecule has 0 bridgehead atoms. The second-order valence-corrected chi connectivity index (χ2v) is 5.22. The van der Waals surface area contributed by atoms with Crippen LogP contribution in [0.3, 0.4) is 0 Å². The molecule has 7 heteroatoms. The van der Waals surface area contributed by atoms with Gasteiger partial charge in [-0.05, 0) is 6.92 Å². The molecule has 2 aromatic rings. The van der Waals surface area contributed by atoms with Gasteiger partial charge in [-0.3, -0.25) is 10.00 Å². The number of imidazole rings is 1. The van der Waals surface area contributed by atoms with Crippen LogP contribution in [0, 0.1) is 0 Å². The van der Waals surface area contributed by atoms with Crippen LogP contribution in [0.5, 0.6) is 0 Å². The summed E-state index contributed by atoms with van der Waals surface area (Å²) in [5.41, 5.74) is 0. The van der Waals surface area contributed by atoms with Gasteiger partial charge in [-0.2, -0.15) is 5.10 Å². The topological polar surface area (TPSA) is 71.9 Å². The molecule has 1 aliphatic heterocycles. The molecule has 7 nitrogen and oxygen atoms in total. The number of morpholine rings is 1. The normalized spacial score (nSPS) is 20.0. The van der Waals surface area contributed by atoms with E-state index in [-0.39, 0.29) is 6.10 Å². The Hall–Kier alpha value is -1.73. The van der Waals surface area contributed by atoms with Gasteiger partial charge in [-0.25, -0.2) is 9.97 Å². The van der Waals surface area contributed by atoms with Crippen LogP contribution in [0.4, 0.5) is 0 Å².